The predicted molar refractivity (Wildman–Crippen MR) is 137 cm³/mol. The molecule has 0 aliphatic carbocycles. The number of hydrogen-bond donors (Lipinski definition) is 0. The second-order valence-electron chi connectivity index (χ2n) is 9.36. The summed E-state index contributed by atoms with van der Waals surface area (Å²) in [6.07, 6.45) is 2.75. The first-order chi connectivity index (χ1) is 18.1. The number of hydrogen-bond acceptors (Lipinski definition) is 9. The van der Waals surface area contributed by atoms with E-state index in [9.17, 15) is 25.0 Å². The Morgan fingerprint density at radius 3 is 2.37 bits per heavy atom. The van der Waals surface area contributed by atoms with Crippen molar-refractivity contribution in [3.63, 3.8) is 0 Å². The lowest BCUT2D eigenvalue weighted by Gasteiger charge is -2.47. The standard InChI is InChI=1S/C27H23N3O8/c1-26(2)22-5-3-4-6-23(22)28(15-16-36-25(31)37-21-10-7-19(8-11-21)29(32)33)27(26)14-13-18-17-20(30(34)35)9-12-24(18)38-27/h3-14,17H,15-16H2,1-2H3. The molecule has 2 heterocycles. The number of ether oxygens (including phenoxy) is 3. The molecule has 0 aromatic heterocycles. The van der Waals surface area contributed by atoms with Gasteiger partial charge in [0.2, 0.25) is 5.72 Å². The number of non-ortho nitro benzene ring substituents is 2. The summed E-state index contributed by atoms with van der Waals surface area (Å²) < 4.78 is 17.1. The van der Waals surface area contributed by atoms with E-state index in [4.69, 9.17) is 14.2 Å². The SMILES string of the molecule is CC1(C)c2ccccc2N(CCOC(=O)Oc2ccc([N+](=O)[O-])cc2)C12C=Cc1cc([N+](=O)[O-])ccc1O2. The highest BCUT2D eigenvalue weighted by Crippen LogP contribution is 2.54. The first-order valence-electron chi connectivity index (χ1n) is 11.8. The summed E-state index contributed by atoms with van der Waals surface area (Å²) in [4.78, 5) is 35.3. The van der Waals surface area contributed by atoms with E-state index in [1.165, 1.54) is 36.4 Å². The summed E-state index contributed by atoms with van der Waals surface area (Å²) in [6.45, 7) is 4.32. The van der Waals surface area contributed by atoms with Crippen molar-refractivity contribution >= 4 is 29.3 Å². The summed E-state index contributed by atoms with van der Waals surface area (Å²) in [5, 5.41) is 22.0. The van der Waals surface area contributed by atoms with Gasteiger partial charge in [0.1, 0.15) is 18.1 Å². The molecule has 0 bridgehead atoms. The van der Waals surface area contributed by atoms with Crippen molar-refractivity contribution < 1.29 is 28.9 Å². The van der Waals surface area contributed by atoms with Crippen LogP contribution in [0.3, 0.4) is 0 Å². The number of carbonyl (C=O) groups excluding carboxylic acids is 1. The van der Waals surface area contributed by atoms with Crippen molar-refractivity contribution in [1.82, 2.24) is 0 Å². The fraction of sp³-hybridized carbons (Fsp3) is 0.222. The zero-order valence-corrected chi connectivity index (χ0v) is 20.5. The zero-order valence-electron chi connectivity index (χ0n) is 20.5. The number of para-hydroxylation sites is 1. The Balaban J connectivity index is 1.36. The maximum Gasteiger partial charge on any atom is 0.513 e. The van der Waals surface area contributed by atoms with E-state index in [0.29, 0.717) is 11.3 Å². The van der Waals surface area contributed by atoms with Crippen molar-refractivity contribution in [2.75, 3.05) is 18.1 Å². The maximum atomic E-state index is 12.3. The molecule has 5 rings (SSSR count). The Kier molecular flexibility index (Phi) is 5.98. The van der Waals surface area contributed by atoms with Crippen LogP contribution >= 0.6 is 0 Å². The van der Waals surface area contributed by atoms with Crippen LogP contribution in [0.5, 0.6) is 11.5 Å². The van der Waals surface area contributed by atoms with Gasteiger partial charge in [-0.3, -0.25) is 20.2 Å². The second kappa shape index (κ2) is 9.18. The minimum Gasteiger partial charge on any atom is -0.463 e. The number of anilines is 1. The van der Waals surface area contributed by atoms with Crippen LogP contribution < -0.4 is 14.4 Å². The van der Waals surface area contributed by atoms with Crippen LogP contribution in [0.1, 0.15) is 25.0 Å². The van der Waals surface area contributed by atoms with Gasteiger partial charge in [-0.05, 0) is 55.8 Å². The monoisotopic (exact) mass is 517 g/mol. The predicted octanol–water partition coefficient (Wildman–Crippen LogP) is 5.62. The molecule has 0 N–H and O–H groups in total. The molecule has 0 radical (unpaired) electrons. The molecular weight excluding hydrogens is 494 g/mol. The third kappa shape index (κ3) is 4.07. The van der Waals surface area contributed by atoms with Crippen molar-refractivity contribution in [1.29, 1.82) is 0 Å². The number of rotatable bonds is 6. The molecule has 0 saturated carbocycles. The summed E-state index contributed by atoms with van der Waals surface area (Å²) in [7, 11) is 0. The fourth-order valence-corrected chi connectivity index (χ4v) is 4.97. The van der Waals surface area contributed by atoms with Gasteiger partial charge >= 0.3 is 6.16 Å². The lowest BCUT2D eigenvalue weighted by atomic mass is 9.76. The second-order valence-corrected chi connectivity index (χ2v) is 9.36. The van der Waals surface area contributed by atoms with Gasteiger partial charge in [0.15, 0.2) is 0 Å². The molecule has 11 heteroatoms. The van der Waals surface area contributed by atoms with E-state index in [-0.39, 0.29) is 30.3 Å². The first kappa shape index (κ1) is 24.8. The van der Waals surface area contributed by atoms with E-state index >= 15 is 0 Å². The third-order valence-electron chi connectivity index (χ3n) is 6.91. The van der Waals surface area contributed by atoms with E-state index in [0.717, 1.165) is 11.3 Å². The van der Waals surface area contributed by atoms with Gasteiger partial charge in [-0.1, -0.05) is 18.2 Å². The van der Waals surface area contributed by atoms with E-state index in [2.05, 4.69) is 13.8 Å². The third-order valence-corrected chi connectivity index (χ3v) is 6.91. The average molecular weight is 517 g/mol. The molecule has 2 aliphatic rings. The van der Waals surface area contributed by atoms with Crippen LogP contribution in [-0.4, -0.2) is 34.9 Å². The molecule has 1 spiro atoms. The Labute approximate surface area is 217 Å². The van der Waals surface area contributed by atoms with Gasteiger partial charge in [-0.25, -0.2) is 4.79 Å². The minimum absolute atomic E-state index is 0.0290. The Morgan fingerprint density at radius 2 is 1.66 bits per heavy atom. The molecule has 194 valence electrons. The van der Waals surface area contributed by atoms with Crippen LogP contribution in [-0.2, 0) is 10.2 Å². The minimum atomic E-state index is -0.995. The highest BCUT2D eigenvalue weighted by molar-refractivity contribution is 5.73. The fourth-order valence-electron chi connectivity index (χ4n) is 4.97. The van der Waals surface area contributed by atoms with Crippen molar-refractivity contribution in [3.05, 3.63) is 104 Å². The number of nitro groups is 2. The zero-order chi connectivity index (χ0) is 27.1. The Morgan fingerprint density at radius 1 is 0.974 bits per heavy atom. The summed E-state index contributed by atoms with van der Waals surface area (Å²) in [5.74, 6) is 0.622. The molecule has 38 heavy (non-hydrogen) atoms. The number of benzene rings is 3. The maximum absolute atomic E-state index is 12.3. The highest BCUT2D eigenvalue weighted by Gasteiger charge is 2.58. The largest absolute Gasteiger partial charge is 0.513 e. The van der Waals surface area contributed by atoms with E-state index < -0.39 is 27.1 Å². The Hall–Kier alpha value is -4.93. The molecule has 2 aliphatic heterocycles. The van der Waals surface area contributed by atoms with Crippen LogP contribution in [0.4, 0.5) is 21.9 Å². The van der Waals surface area contributed by atoms with Gasteiger partial charge in [0, 0.05) is 35.5 Å². The first-order valence-corrected chi connectivity index (χ1v) is 11.8. The number of carbonyl (C=O) groups is 1. The quantitative estimate of drug-likeness (QED) is 0.177. The molecule has 0 amide bonds. The van der Waals surface area contributed by atoms with Gasteiger partial charge in [-0.15, -0.1) is 0 Å². The molecule has 1 atom stereocenters. The molecule has 0 fully saturated rings. The number of fused-ring (bicyclic) bond motifs is 2. The van der Waals surface area contributed by atoms with E-state index in [1.54, 1.807) is 6.07 Å². The lowest BCUT2D eigenvalue weighted by molar-refractivity contribution is -0.385. The van der Waals surface area contributed by atoms with Crippen LogP contribution in [0, 0.1) is 20.2 Å². The summed E-state index contributed by atoms with van der Waals surface area (Å²) in [5.41, 5.74) is 0.842. The van der Waals surface area contributed by atoms with Gasteiger partial charge < -0.3 is 19.1 Å². The van der Waals surface area contributed by atoms with Crippen LogP contribution in [0.15, 0.2) is 72.8 Å². The lowest BCUT2D eigenvalue weighted by Crippen LogP contribution is -2.60. The molecular formula is C27H23N3O8. The number of nitrogens with zero attached hydrogens (tertiary/aromatic N) is 3. The van der Waals surface area contributed by atoms with Gasteiger partial charge in [0.05, 0.1) is 21.8 Å². The van der Waals surface area contributed by atoms with Gasteiger partial charge in [-0.2, -0.15) is 0 Å². The molecule has 0 saturated heterocycles. The Bertz CT molecular complexity index is 1470. The van der Waals surface area contributed by atoms with Crippen molar-refractivity contribution in [3.8, 4) is 11.5 Å². The van der Waals surface area contributed by atoms with Crippen molar-refractivity contribution in [2.45, 2.75) is 25.0 Å². The summed E-state index contributed by atoms with van der Waals surface area (Å²) in [6, 6.07) is 17.4. The molecule has 1 unspecified atom stereocenters. The van der Waals surface area contributed by atoms with Crippen LogP contribution in [0.25, 0.3) is 6.08 Å². The number of nitro benzene ring substituents is 2. The average Bonchev–Trinajstić information content (AvgIpc) is 3.07. The highest BCUT2D eigenvalue weighted by atomic mass is 16.7. The topological polar surface area (TPSA) is 134 Å². The van der Waals surface area contributed by atoms with Crippen molar-refractivity contribution in [2.24, 2.45) is 0 Å². The smallest absolute Gasteiger partial charge is 0.463 e. The summed E-state index contributed by atoms with van der Waals surface area (Å²) >= 11 is 0. The normalized spacial score (nSPS) is 18.3. The van der Waals surface area contributed by atoms with Crippen LogP contribution in [0.2, 0.25) is 0 Å². The van der Waals surface area contributed by atoms with E-state index in [1.807, 2.05) is 41.3 Å². The van der Waals surface area contributed by atoms with Gasteiger partial charge in [0.25, 0.3) is 11.4 Å². The molecule has 3 aromatic rings. The molecule has 3 aromatic carbocycles. The molecule has 11 nitrogen and oxygen atoms in total.